The van der Waals surface area contributed by atoms with Crippen LogP contribution in [0.2, 0.25) is 0 Å². The van der Waals surface area contributed by atoms with Crippen LogP contribution < -0.4 is 5.73 Å². The van der Waals surface area contributed by atoms with E-state index in [2.05, 4.69) is 25.7 Å². The summed E-state index contributed by atoms with van der Waals surface area (Å²) in [7, 11) is 0. The Morgan fingerprint density at radius 2 is 2.20 bits per heavy atom. The third-order valence-corrected chi connectivity index (χ3v) is 4.41. The highest BCUT2D eigenvalue weighted by molar-refractivity contribution is 7.99. The molecule has 0 aromatic rings. The van der Waals surface area contributed by atoms with Crippen LogP contribution in [0.1, 0.15) is 40.0 Å². The summed E-state index contributed by atoms with van der Waals surface area (Å²) in [5.41, 5.74) is 6.28. The van der Waals surface area contributed by atoms with Gasteiger partial charge in [0.05, 0.1) is 0 Å². The van der Waals surface area contributed by atoms with Crippen LogP contribution in [-0.4, -0.2) is 41.1 Å². The van der Waals surface area contributed by atoms with Gasteiger partial charge in [0, 0.05) is 18.1 Å². The number of thioether (sulfide) groups is 1. The van der Waals surface area contributed by atoms with Gasteiger partial charge in [-0.05, 0) is 51.2 Å². The van der Waals surface area contributed by atoms with Crippen LogP contribution >= 0.6 is 11.8 Å². The third kappa shape index (κ3) is 3.65. The van der Waals surface area contributed by atoms with Gasteiger partial charge in [-0.2, -0.15) is 11.8 Å². The molecule has 1 unspecified atom stereocenters. The van der Waals surface area contributed by atoms with Gasteiger partial charge < -0.3 is 5.73 Å². The quantitative estimate of drug-likeness (QED) is 0.710. The molecule has 0 bridgehead atoms. The van der Waals surface area contributed by atoms with Gasteiger partial charge in [-0.3, -0.25) is 4.90 Å². The number of nitrogens with zero attached hydrogens (tertiary/aromatic N) is 1. The molecule has 1 fully saturated rings. The van der Waals surface area contributed by atoms with Crippen molar-refractivity contribution in [3.8, 4) is 0 Å². The predicted octanol–water partition coefficient (Wildman–Crippen LogP) is 2.33. The smallest absolute Gasteiger partial charge is 0.0231 e. The first-order valence-electron chi connectivity index (χ1n) is 6.16. The van der Waals surface area contributed by atoms with Gasteiger partial charge in [0.15, 0.2) is 0 Å². The van der Waals surface area contributed by atoms with Crippen LogP contribution in [0.5, 0.6) is 0 Å². The number of nitrogens with two attached hydrogens (primary N) is 1. The Morgan fingerprint density at radius 1 is 1.47 bits per heavy atom. The monoisotopic (exact) mass is 230 g/mol. The molecule has 0 saturated carbocycles. The maximum atomic E-state index is 5.91. The van der Waals surface area contributed by atoms with Gasteiger partial charge >= 0.3 is 0 Å². The molecule has 15 heavy (non-hydrogen) atoms. The molecular weight excluding hydrogens is 204 g/mol. The minimum absolute atomic E-state index is 0.376. The average Bonchev–Trinajstić information content (AvgIpc) is 2.53. The molecule has 0 aromatic carbocycles. The number of hydrogen-bond donors (Lipinski definition) is 1. The summed E-state index contributed by atoms with van der Waals surface area (Å²) < 4.78 is 0. The molecule has 0 aromatic heterocycles. The van der Waals surface area contributed by atoms with Crippen LogP contribution in [0, 0.1) is 0 Å². The zero-order valence-electron chi connectivity index (χ0n) is 10.5. The van der Waals surface area contributed by atoms with Crippen molar-refractivity contribution in [2.24, 2.45) is 5.73 Å². The topological polar surface area (TPSA) is 29.3 Å². The Bertz CT molecular complexity index is 182. The molecule has 2 N–H and O–H groups in total. The Kier molecular flexibility index (Phi) is 5.44. The molecule has 1 aliphatic rings. The molecule has 0 radical (unpaired) electrons. The fourth-order valence-electron chi connectivity index (χ4n) is 2.57. The number of likely N-dealkylation sites (tertiary alicyclic amines) is 1. The Labute approximate surface area is 99.0 Å². The van der Waals surface area contributed by atoms with Crippen molar-refractivity contribution >= 4 is 11.8 Å². The second-order valence-electron chi connectivity index (χ2n) is 4.98. The second-order valence-corrected chi connectivity index (χ2v) is 6.38. The van der Waals surface area contributed by atoms with Crippen molar-refractivity contribution in [1.29, 1.82) is 0 Å². The Balaban J connectivity index is 2.43. The van der Waals surface area contributed by atoms with Crippen molar-refractivity contribution in [2.45, 2.75) is 51.6 Å². The largest absolute Gasteiger partial charge is 0.329 e. The minimum atomic E-state index is 0.376. The summed E-state index contributed by atoms with van der Waals surface area (Å²) in [6.07, 6.45) is 3.91. The standard InChI is InChI=1S/C12H26N2S/c1-4-15-9-6-11(10-13)14-8-5-7-12(14,2)3/h11H,4-10,13H2,1-3H3. The lowest BCUT2D eigenvalue weighted by Gasteiger charge is -2.38. The highest BCUT2D eigenvalue weighted by Gasteiger charge is 2.35. The van der Waals surface area contributed by atoms with Crippen LogP contribution in [-0.2, 0) is 0 Å². The number of rotatable bonds is 6. The molecule has 1 heterocycles. The van der Waals surface area contributed by atoms with E-state index >= 15 is 0 Å². The maximum absolute atomic E-state index is 5.91. The zero-order valence-corrected chi connectivity index (χ0v) is 11.3. The van der Waals surface area contributed by atoms with Crippen molar-refractivity contribution in [3.63, 3.8) is 0 Å². The van der Waals surface area contributed by atoms with Gasteiger partial charge in [0.2, 0.25) is 0 Å². The normalized spacial score (nSPS) is 23.2. The fraction of sp³-hybridized carbons (Fsp3) is 1.00. The van der Waals surface area contributed by atoms with Gasteiger partial charge in [-0.15, -0.1) is 0 Å². The first kappa shape index (κ1) is 13.3. The molecule has 2 nitrogen and oxygen atoms in total. The van der Waals surface area contributed by atoms with Crippen LogP contribution in [0.3, 0.4) is 0 Å². The van der Waals surface area contributed by atoms with E-state index in [0.717, 1.165) is 6.54 Å². The predicted molar refractivity (Wildman–Crippen MR) is 70.5 cm³/mol. The fourth-order valence-corrected chi connectivity index (χ4v) is 3.30. The highest BCUT2D eigenvalue weighted by atomic mass is 32.2. The van der Waals surface area contributed by atoms with Crippen molar-refractivity contribution in [2.75, 3.05) is 24.6 Å². The highest BCUT2D eigenvalue weighted by Crippen LogP contribution is 2.31. The molecule has 1 rings (SSSR count). The van der Waals surface area contributed by atoms with Gasteiger partial charge in [0.1, 0.15) is 0 Å². The Hall–Kier alpha value is 0.270. The molecule has 90 valence electrons. The molecule has 0 aliphatic carbocycles. The third-order valence-electron chi connectivity index (χ3n) is 3.48. The van der Waals surface area contributed by atoms with E-state index in [-0.39, 0.29) is 0 Å². The molecule has 0 amide bonds. The average molecular weight is 230 g/mol. The second kappa shape index (κ2) is 6.12. The number of hydrogen-bond acceptors (Lipinski definition) is 3. The van der Waals surface area contributed by atoms with Gasteiger partial charge in [-0.1, -0.05) is 6.92 Å². The van der Waals surface area contributed by atoms with Crippen LogP contribution in [0.4, 0.5) is 0 Å². The van der Waals surface area contributed by atoms with E-state index in [1.807, 2.05) is 11.8 Å². The summed E-state index contributed by atoms with van der Waals surface area (Å²) in [4.78, 5) is 2.63. The first-order valence-corrected chi connectivity index (χ1v) is 7.32. The minimum Gasteiger partial charge on any atom is -0.329 e. The zero-order chi connectivity index (χ0) is 11.3. The molecule has 3 heteroatoms. The van der Waals surface area contributed by atoms with E-state index in [4.69, 9.17) is 5.73 Å². The van der Waals surface area contributed by atoms with Crippen LogP contribution in [0.15, 0.2) is 0 Å². The summed E-state index contributed by atoms with van der Waals surface area (Å²) in [5.74, 6) is 2.48. The lowest BCUT2D eigenvalue weighted by atomic mass is 10.00. The SMILES string of the molecule is CCSCCC(CN)N1CCCC1(C)C. The molecule has 1 saturated heterocycles. The lowest BCUT2D eigenvalue weighted by molar-refractivity contribution is 0.117. The summed E-state index contributed by atoms with van der Waals surface area (Å²) in [6, 6.07) is 0.599. The van der Waals surface area contributed by atoms with Crippen LogP contribution in [0.25, 0.3) is 0 Å². The Morgan fingerprint density at radius 3 is 2.67 bits per heavy atom. The summed E-state index contributed by atoms with van der Waals surface area (Å²) in [5, 5.41) is 0. The first-order chi connectivity index (χ1) is 7.11. The van der Waals surface area contributed by atoms with E-state index in [1.165, 1.54) is 37.3 Å². The molecule has 1 aliphatic heterocycles. The van der Waals surface area contributed by atoms with Gasteiger partial charge in [0.25, 0.3) is 0 Å². The summed E-state index contributed by atoms with van der Waals surface area (Å²) in [6.45, 7) is 8.99. The molecule has 0 spiro atoms. The molecular formula is C12H26N2S. The van der Waals surface area contributed by atoms with E-state index < -0.39 is 0 Å². The van der Waals surface area contributed by atoms with Gasteiger partial charge in [-0.25, -0.2) is 0 Å². The maximum Gasteiger partial charge on any atom is 0.0231 e. The van der Waals surface area contributed by atoms with E-state index in [0.29, 0.717) is 11.6 Å². The van der Waals surface area contributed by atoms with Crippen molar-refractivity contribution in [3.05, 3.63) is 0 Å². The summed E-state index contributed by atoms with van der Waals surface area (Å²) >= 11 is 2.03. The lowest BCUT2D eigenvalue weighted by Crippen LogP contribution is -2.49. The van der Waals surface area contributed by atoms with E-state index in [1.54, 1.807) is 0 Å². The van der Waals surface area contributed by atoms with Crippen molar-refractivity contribution in [1.82, 2.24) is 4.90 Å². The van der Waals surface area contributed by atoms with Crippen molar-refractivity contribution < 1.29 is 0 Å². The molecule has 1 atom stereocenters. The van der Waals surface area contributed by atoms with E-state index in [9.17, 15) is 0 Å².